The molecule has 0 bridgehead atoms. The van der Waals surface area contributed by atoms with Crippen molar-refractivity contribution in [2.75, 3.05) is 0 Å². The van der Waals surface area contributed by atoms with Crippen molar-refractivity contribution in [1.29, 1.82) is 0 Å². The summed E-state index contributed by atoms with van der Waals surface area (Å²) in [6, 6.07) is 0. The van der Waals surface area contributed by atoms with Crippen LogP contribution in [-0.2, 0) is 13.6 Å². The van der Waals surface area contributed by atoms with Gasteiger partial charge >= 0.3 is 0 Å². The molecule has 2 aromatic rings. The van der Waals surface area contributed by atoms with Crippen molar-refractivity contribution in [2.24, 2.45) is 7.05 Å². The normalized spacial score (nSPS) is 12.0. The molecule has 0 aliphatic rings. The van der Waals surface area contributed by atoms with Crippen molar-refractivity contribution in [2.45, 2.75) is 32.9 Å². The van der Waals surface area contributed by atoms with Crippen molar-refractivity contribution >= 4 is 11.3 Å². The smallest absolute Gasteiger partial charge is 0.126 e. The number of nitrogens with zero attached hydrogens (tertiary/aromatic N) is 3. The van der Waals surface area contributed by atoms with Gasteiger partial charge in [-0.05, 0) is 20.8 Å². The van der Waals surface area contributed by atoms with Gasteiger partial charge in [-0.3, -0.25) is 4.68 Å². The minimum absolute atomic E-state index is 0.137. The monoisotopic (exact) mass is 250 g/mol. The van der Waals surface area contributed by atoms with Gasteiger partial charge < -0.3 is 5.32 Å². The molecule has 5 heteroatoms. The summed E-state index contributed by atoms with van der Waals surface area (Å²) in [6.45, 7) is 7.35. The maximum atomic E-state index is 4.43. The molecule has 0 aliphatic heterocycles. The maximum absolute atomic E-state index is 4.43. The van der Waals surface area contributed by atoms with Crippen LogP contribution in [0.4, 0.5) is 0 Å². The molecule has 0 unspecified atom stereocenters. The first-order valence-corrected chi connectivity index (χ1v) is 6.44. The number of aromatic nitrogens is 3. The summed E-state index contributed by atoms with van der Waals surface area (Å²) in [5, 5.41) is 8.64. The van der Waals surface area contributed by atoms with Gasteiger partial charge in [0, 0.05) is 42.0 Å². The molecule has 92 valence electrons. The van der Waals surface area contributed by atoms with Crippen LogP contribution < -0.4 is 5.32 Å². The highest BCUT2D eigenvalue weighted by Gasteiger charge is 2.11. The Morgan fingerprint density at radius 2 is 2.12 bits per heavy atom. The van der Waals surface area contributed by atoms with Crippen molar-refractivity contribution in [3.05, 3.63) is 23.5 Å². The Morgan fingerprint density at radius 1 is 1.35 bits per heavy atom. The third-order valence-electron chi connectivity index (χ3n) is 2.30. The van der Waals surface area contributed by atoms with Gasteiger partial charge in [-0.15, -0.1) is 11.3 Å². The summed E-state index contributed by atoms with van der Waals surface area (Å²) in [5.41, 5.74) is 1.22. The molecule has 0 amide bonds. The molecular formula is C12H18N4S. The number of hydrogen-bond donors (Lipinski definition) is 1. The Morgan fingerprint density at radius 3 is 2.71 bits per heavy atom. The molecule has 0 saturated carbocycles. The fourth-order valence-electron chi connectivity index (χ4n) is 1.41. The highest BCUT2D eigenvalue weighted by atomic mass is 32.1. The third-order valence-corrected chi connectivity index (χ3v) is 3.34. The van der Waals surface area contributed by atoms with E-state index in [4.69, 9.17) is 0 Å². The van der Waals surface area contributed by atoms with E-state index in [1.54, 1.807) is 16.0 Å². The van der Waals surface area contributed by atoms with Gasteiger partial charge in [0.05, 0.1) is 6.20 Å². The first-order chi connectivity index (χ1) is 7.94. The maximum Gasteiger partial charge on any atom is 0.126 e. The van der Waals surface area contributed by atoms with E-state index in [2.05, 4.69) is 36.2 Å². The van der Waals surface area contributed by atoms with Gasteiger partial charge in [0.2, 0.25) is 0 Å². The van der Waals surface area contributed by atoms with Crippen LogP contribution in [0.1, 0.15) is 25.6 Å². The van der Waals surface area contributed by atoms with Crippen LogP contribution in [0.3, 0.4) is 0 Å². The number of hydrogen-bond acceptors (Lipinski definition) is 4. The molecule has 0 atom stereocenters. The highest BCUT2D eigenvalue weighted by Crippen LogP contribution is 2.24. The van der Waals surface area contributed by atoms with Crippen LogP contribution in [0.2, 0.25) is 0 Å². The van der Waals surface area contributed by atoms with Crippen molar-refractivity contribution in [1.82, 2.24) is 20.1 Å². The van der Waals surface area contributed by atoms with Crippen LogP contribution in [0.15, 0.2) is 18.6 Å². The lowest BCUT2D eigenvalue weighted by Gasteiger charge is -2.19. The Kier molecular flexibility index (Phi) is 3.31. The largest absolute Gasteiger partial charge is 0.307 e. The van der Waals surface area contributed by atoms with Crippen molar-refractivity contribution < 1.29 is 0 Å². The molecule has 2 heterocycles. The topological polar surface area (TPSA) is 42.7 Å². The first kappa shape index (κ1) is 12.3. The van der Waals surface area contributed by atoms with Crippen molar-refractivity contribution in [3.8, 4) is 10.6 Å². The van der Waals surface area contributed by atoms with Gasteiger partial charge in [-0.25, -0.2) is 4.98 Å². The molecule has 0 radical (unpaired) electrons. The van der Waals surface area contributed by atoms with Gasteiger partial charge in [0.25, 0.3) is 0 Å². The lowest BCUT2D eigenvalue weighted by molar-refractivity contribution is 0.426. The van der Waals surface area contributed by atoms with Gasteiger partial charge in [-0.1, -0.05) is 0 Å². The lowest BCUT2D eigenvalue weighted by atomic mass is 10.1. The molecule has 17 heavy (non-hydrogen) atoms. The summed E-state index contributed by atoms with van der Waals surface area (Å²) in [7, 11) is 1.92. The first-order valence-electron chi connectivity index (χ1n) is 5.63. The summed E-state index contributed by atoms with van der Waals surface area (Å²) >= 11 is 1.71. The van der Waals surface area contributed by atoms with E-state index in [9.17, 15) is 0 Å². The van der Waals surface area contributed by atoms with Crippen LogP contribution in [0, 0.1) is 0 Å². The fourth-order valence-corrected chi connectivity index (χ4v) is 2.23. The summed E-state index contributed by atoms with van der Waals surface area (Å²) < 4.78 is 1.80. The number of thiazole rings is 1. The molecule has 1 N–H and O–H groups in total. The molecule has 0 aliphatic carbocycles. The zero-order valence-electron chi connectivity index (χ0n) is 10.7. The van der Waals surface area contributed by atoms with Crippen LogP contribution in [0.25, 0.3) is 10.6 Å². The Hall–Kier alpha value is -1.20. The van der Waals surface area contributed by atoms with E-state index < -0.39 is 0 Å². The molecular weight excluding hydrogens is 232 g/mol. The predicted octanol–water partition coefficient (Wildman–Crippen LogP) is 2.43. The molecule has 0 aromatic carbocycles. The molecule has 0 saturated heterocycles. The number of nitrogens with one attached hydrogen (secondary N) is 1. The van der Waals surface area contributed by atoms with Crippen LogP contribution >= 0.6 is 11.3 Å². The SMILES string of the molecule is Cn1cc(-c2ncc(CNC(C)(C)C)s2)cn1. The zero-order chi connectivity index (χ0) is 12.5. The third kappa shape index (κ3) is 3.38. The lowest BCUT2D eigenvalue weighted by Crippen LogP contribution is -2.34. The minimum Gasteiger partial charge on any atom is -0.307 e. The number of rotatable bonds is 3. The quantitative estimate of drug-likeness (QED) is 0.909. The average Bonchev–Trinajstić information content (AvgIpc) is 2.81. The van der Waals surface area contributed by atoms with Crippen LogP contribution in [0.5, 0.6) is 0 Å². The molecule has 0 spiro atoms. The average molecular weight is 250 g/mol. The summed E-state index contributed by atoms with van der Waals surface area (Å²) in [5.74, 6) is 0. The second-order valence-electron chi connectivity index (χ2n) is 5.14. The van der Waals surface area contributed by atoms with Crippen molar-refractivity contribution in [3.63, 3.8) is 0 Å². The molecule has 0 fully saturated rings. The number of aryl methyl sites for hydroxylation is 1. The second kappa shape index (κ2) is 4.58. The molecule has 4 nitrogen and oxygen atoms in total. The van der Waals surface area contributed by atoms with Crippen LogP contribution in [-0.4, -0.2) is 20.3 Å². The van der Waals surface area contributed by atoms with Gasteiger partial charge in [-0.2, -0.15) is 5.10 Å². The van der Waals surface area contributed by atoms with E-state index in [-0.39, 0.29) is 5.54 Å². The minimum atomic E-state index is 0.137. The van der Waals surface area contributed by atoms with Gasteiger partial charge in [0.15, 0.2) is 0 Å². The Balaban J connectivity index is 2.06. The van der Waals surface area contributed by atoms with Gasteiger partial charge in [0.1, 0.15) is 5.01 Å². The van der Waals surface area contributed by atoms with E-state index >= 15 is 0 Å². The van der Waals surface area contributed by atoms with E-state index in [1.807, 2.05) is 25.6 Å². The molecule has 2 rings (SSSR count). The Bertz CT molecular complexity index is 493. The summed E-state index contributed by atoms with van der Waals surface area (Å²) in [4.78, 5) is 5.67. The Labute approximate surface area is 106 Å². The predicted molar refractivity (Wildman–Crippen MR) is 70.9 cm³/mol. The standard InChI is InChI=1S/C12H18N4S/c1-12(2,3)14-7-10-6-13-11(17-10)9-5-15-16(4)8-9/h5-6,8,14H,7H2,1-4H3. The van der Waals surface area contributed by atoms with E-state index in [1.165, 1.54) is 4.88 Å². The molecule has 2 aromatic heterocycles. The second-order valence-corrected chi connectivity index (χ2v) is 6.25. The van der Waals surface area contributed by atoms with E-state index in [0.717, 1.165) is 17.1 Å². The fraction of sp³-hybridized carbons (Fsp3) is 0.500. The zero-order valence-corrected chi connectivity index (χ0v) is 11.5. The van der Waals surface area contributed by atoms with E-state index in [0.29, 0.717) is 0 Å². The highest BCUT2D eigenvalue weighted by molar-refractivity contribution is 7.15. The summed E-state index contributed by atoms with van der Waals surface area (Å²) in [6.07, 6.45) is 5.77.